The fraction of sp³-hybridized carbons (Fsp3) is 0.667. The molecule has 0 aliphatic carbocycles. The summed E-state index contributed by atoms with van der Waals surface area (Å²) in [6.45, 7) is 21.1. The fourth-order valence-electron chi connectivity index (χ4n) is 5.57. The van der Waals surface area contributed by atoms with Crippen molar-refractivity contribution in [2.24, 2.45) is 0 Å². The molecule has 4 atom stereocenters. The first-order chi connectivity index (χ1) is 17.2. The zero-order chi connectivity index (χ0) is 26.7. The molecule has 0 unspecified atom stereocenters. The van der Waals surface area contributed by atoms with Crippen LogP contribution in [0.2, 0.25) is 16.6 Å². The van der Waals surface area contributed by atoms with Gasteiger partial charge >= 0.3 is 0 Å². The average molecular weight is 519 g/mol. The quantitative estimate of drug-likeness (QED) is 0.175. The van der Waals surface area contributed by atoms with Crippen LogP contribution in [0.4, 0.5) is 0 Å². The lowest BCUT2D eigenvalue weighted by molar-refractivity contribution is -0.179. The number of benzene rings is 1. The van der Waals surface area contributed by atoms with E-state index in [4.69, 9.17) is 23.4 Å². The zero-order valence-electron chi connectivity index (χ0n) is 23.9. The maximum Gasteiger partial charge on any atom is 0.201 e. The van der Waals surface area contributed by atoms with Crippen LogP contribution in [0.5, 0.6) is 5.75 Å². The molecule has 0 saturated carbocycles. The lowest BCUT2D eigenvalue weighted by Gasteiger charge is -2.45. The van der Waals surface area contributed by atoms with Gasteiger partial charge in [-0.1, -0.05) is 71.9 Å². The number of hydrogen-bond donors (Lipinski definition) is 0. The summed E-state index contributed by atoms with van der Waals surface area (Å²) < 4.78 is 30.8. The smallest absolute Gasteiger partial charge is 0.201 e. The third kappa shape index (κ3) is 8.28. The molecular weight excluding hydrogens is 468 g/mol. The molecule has 0 spiro atoms. The van der Waals surface area contributed by atoms with E-state index in [1.54, 1.807) is 7.11 Å². The van der Waals surface area contributed by atoms with E-state index in [9.17, 15) is 0 Å². The monoisotopic (exact) mass is 518 g/mol. The summed E-state index contributed by atoms with van der Waals surface area (Å²) in [5.41, 5.74) is 2.48. The Labute approximate surface area is 221 Å². The predicted molar refractivity (Wildman–Crippen MR) is 151 cm³/mol. The van der Waals surface area contributed by atoms with Gasteiger partial charge < -0.3 is 23.4 Å². The Morgan fingerprint density at radius 3 is 2.17 bits per heavy atom. The van der Waals surface area contributed by atoms with Crippen molar-refractivity contribution in [1.82, 2.24) is 0 Å². The zero-order valence-corrected chi connectivity index (χ0v) is 24.9. The summed E-state index contributed by atoms with van der Waals surface area (Å²) in [7, 11) is -0.489. The molecular formula is C30H50O5Si. The largest absolute Gasteiger partial charge is 0.497 e. The van der Waals surface area contributed by atoms with Gasteiger partial charge in [0.2, 0.25) is 8.32 Å². The number of methoxy groups -OCH3 is 1. The van der Waals surface area contributed by atoms with Crippen molar-refractivity contribution in [2.75, 3.05) is 13.7 Å². The van der Waals surface area contributed by atoms with Crippen LogP contribution in [0.15, 0.2) is 49.1 Å². The molecule has 0 bridgehead atoms. The van der Waals surface area contributed by atoms with Gasteiger partial charge in [0.25, 0.3) is 0 Å². The molecule has 1 aliphatic rings. The van der Waals surface area contributed by atoms with Gasteiger partial charge in [-0.3, -0.25) is 0 Å². The van der Waals surface area contributed by atoms with Crippen molar-refractivity contribution >= 4 is 8.32 Å². The average Bonchev–Trinajstić information content (AvgIpc) is 2.85. The second-order valence-electron chi connectivity index (χ2n) is 10.6. The molecule has 1 saturated heterocycles. The molecule has 6 heteroatoms. The van der Waals surface area contributed by atoms with Gasteiger partial charge in [0, 0.05) is 6.61 Å². The molecule has 0 N–H and O–H groups in total. The van der Waals surface area contributed by atoms with E-state index in [1.807, 2.05) is 37.3 Å². The van der Waals surface area contributed by atoms with E-state index in [1.165, 1.54) is 0 Å². The highest BCUT2D eigenvalue weighted by Crippen LogP contribution is 2.43. The lowest BCUT2D eigenvalue weighted by atomic mass is 10.1. The van der Waals surface area contributed by atoms with Crippen LogP contribution in [-0.4, -0.2) is 46.6 Å². The second-order valence-corrected chi connectivity index (χ2v) is 16.0. The van der Waals surface area contributed by atoms with Crippen molar-refractivity contribution in [2.45, 2.75) is 116 Å². The Hall–Kier alpha value is -1.44. The van der Waals surface area contributed by atoms with Crippen molar-refractivity contribution in [1.29, 1.82) is 0 Å². The van der Waals surface area contributed by atoms with E-state index in [0.717, 1.165) is 30.6 Å². The normalized spacial score (nSPS) is 20.9. The Morgan fingerprint density at radius 1 is 1.00 bits per heavy atom. The second kappa shape index (κ2) is 15.1. The lowest BCUT2D eigenvalue weighted by Crippen LogP contribution is -2.52. The minimum atomic E-state index is -2.16. The summed E-state index contributed by atoms with van der Waals surface area (Å²) in [6, 6.07) is 7.98. The Balaban J connectivity index is 2.29. The maximum atomic E-state index is 7.21. The van der Waals surface area contributed by atoms with Crippen molar-refractivity contribution in [3.05, 3.63) is 54.6 Å². The van der Waals surface area contributed by atoms with Crippen LogP contribution in [0.25, 0.3) is 0 Å². The molecule has 1 aliphatic heterocycles. The molecule has 1 heterocycles. The number of ether oxygens (including phenoxy) is 4. The van der Waals surface area contributed by atoms with Crippen LogP contribution in [0.3, 0.4) is 0 Å². The Kier molecular flexibility index (Phi) is 12.9. The maximum absolute atomic E-state index is 7.21. The molecule has 0 radical (unpaired) electrons. The minimum Gasteiger partial charge on any atom is -0.497 e. The molecule has 2 rings (SSSR count). The first kappa shape index (κ1) is 30.8. The number of hydrogen-bond acceptors (Lipinski definition) is 5. The van der Waals surface area contributed by atoms with Gasteiger partial charge in [0.15, 0.2) is 6.29 Å². The van der Waals surface area contributed by atoms with Gasteiger partial charge in [-0.05, 0) is 60.5 Å². The van der Waals surface area contributed by atoms with E-state index in [0.29, 0.717) is 29.8 Å². The summed E-state index contributed by atoms with van der Waals surface area (Å²) >= 11 is 0. The molecule has 1 aromatic rings. The minimum absolute atomic E-state index is 0.0154. The third-order valence-corrected chi connectivity index (χ3v) is 13.4. The van der Waals surface area contributed by atoms with E-state index in [2.05, 4.69) is 60.3 Å². The summed E-state index contributed by atoms with van der Waals surface area (Å²) in [5.74, 6) is 0.836. The molecule has 204 valence electrons. The molecule has 0 amide bonds. The van der Waals surface area contributed by atoms with Crippen LogP contribution in [-0.2, 0) is 25.2 Å². The SMILES string of the molecule is C=C[C@H](OCc1ccc(OC)cc1)[C@H](/C=C/[C@@H]1CCC[C@H](OCC)O1)O[Si](C(C)C)(C(C)C)C(C)C. The number of rotatable bonds is 15. The van der Waals surface area contributed by atoms with Crippen LogP contribution in [0, 0.1) is 0 Å². The predicted octanol–water partition coefficient (Wildman–Crippen LogP) is 7.82. The van der Waals surface area contributed by atoms with Crippen LogP contribution in [0.1, 0.15) is 73.3 Å². The van der Waals surface area contributed by atoms with E-state index >= 15 is 0 Å². The summed E-state index contributed by atoms with van der Waals surface area (Å²) in [4.78, 5) is 0. The van der Waals surface area contributed by atoms with Crippen LogP contribution >= 0.6 is 0 Å². The van der Waals surface area contributed by atoms with E-state index < -0.39 is 8.32 Å². The topological polar surface area (TPSA) is 46.2 Å². The van der Waals surface area contributed by atoms with Gasteiger partial charge in [0.05, 0.1) is 25.9 Å². The molecule has 1 aromatic carbocycles. The molecule has 5 nitrogen and oxygen atoms in total. The third-order valence-electron chi connectivity index (χ3n) is 7.33. The highest BCUT2D eigenvalue weighted by molar-refractivity contribution is 6.77. The first-order valence-electron chi connectivity index (χ1n) is 13.7. The van der Waals surface area contributed by atoms with Gasteiger partial charge in [-0.15, -0.1) is 6.58 Å². The molecule has 36 heavy (non-hydrogen) atoms. The summed E-state index contributed by atoms with van der Waals surface area (Å²) in [6.07, 6.45) is 8.58. The first-order valence-corrected chi connectivity index (χ1v) is 15.8. The van der Waals surface area contributed by atoms with Crippen molar-refractivity contribution in [3.63, 3.8) is 0 Å². The van der Waals surface area contributed by atoms with Gasteiger partial charge in [-0.2, -0.15) is 0 Å². The van der Waals surface area contributed by atoms with Crippen LogP contribution < -0.4 is 4.74 Å². The van der Waals surface area contributed by atoms with Gasteiger partial charge in [0.1, 0.15) is 11.9 Å². The highest BCUT2D eigenvalue weighted by atomic mass is 28.4. The molecule has 1 fully saturated rings. The van der Waals surface area contributed by atoms with Crippen molar-refractivity contribution < 1.29 is 23.4 Å². The highest BCUT2D eigenvalue weighted by Gasteiger charge is 2.47. The van der Waals surface area contributed by atoms with Crippen molar-refractivity contribution in [3.8, 4) is 5.75 Å². The standard InChI is InChI=1S/C30H50O5Si/c1-10-28(33-21-25-15-17-26(31-9)18-16-25)29(35-36(22(3)4,23(5)6)24(7)8)20-19-27-13-12-14-30(34-27)32-11-2/h10,15-20,22-24,27-30H,1,11-14,21H2,2-9H3/b20-19+/t27-,28-,29-,30+/m0/s1. The Morgan fingerprint density at radius 2 is 1.64 bits per heavy atom. The Bertz CT molecular complexity index is 765. The molecule has 0 aromatic heterocycles. The van der Waals surface area contributed by atoms with Gasteiger partial charge in [-0.25, -0.2) is 0 Å². The fourth-order valence-corrected chi connectivity index (χ4v) is 11.1. The summed E-state index contributed by atoms with van der Waals surface area (Å²) in [5, 5.41) is 0. The van der Waals surface area contributed by atoms with E-state index in [-0.39, 0.29) is 24.6 Å².